The van der Waals surface area contributed by atoms with Crippen LogP contribution in [-0.2, 0) is 0 Å². The van der Waals surface area contributed by atoms with E-state index in [2.05, 4.69) is 103 Å². The molecule has 0 amide bonds. The Kier molecular flexibility index (Phi) is 3.28. The van der Waals surface area contributed by atoms with Crippen molar-refractivity contribution < 1.29 is 0 Å². The maximum atomic E-state index is 2.31. The van der Waals surface area contributed by atoms with E-state index in [-0.39, 0.29) is 0 Å². The Bertz CT molecular complexity index is 1130. The molecule has 0 unspecified atom stereocenters. The number of hydrogen-bond acceptors (Lipinski definition) is 0. The van der Waals surface area contributed by atoms with Crippen molar-refractivity contribution in [2.24, 2.45) is 0 Å². The maximum absolute atomic E-state index is 2.31. The molecule has 4 aromatic carbocycles. The third-order valence-electron chi connectivity index (χ3n) is 4.95. The molecule has 1 aliphatic carbocycles. The molecule has 0 aliphatic heterocycles. The lowest BCUT2D eigenvalue weighted by atomic mass is 9.93. The fraction of sp³-hybridized carbons (Fsp3) is 0. The molecule has 4 aromatic rings. The highest BCUT2D eigenvalue weighted by Gasteiger charge is 2.16. The summed E-state index contributed by atoms with van der Waals surface area (Å²) in [6.07, 6.45) is 6.78. The van der Waals surface area contributed by atoms with Gasteiger partial charge in [0.2, 0.25) is 0 Å². The predicted molar refractivity (Wildman–Crippen MR) is 107 cm³/mol. The molecule has 0 fully saturated rings. The van der Waals surface area contributed by atoms with Gasteiger partial charge in [-0.2, -0.15) is 0 Å². The molecule has 0 atom stereocenters. The van der Waals surface area contributed by atoms with E-state index in [4.69, 9.17) is 0 Å². The Morgan fingerprint density at radius 1 is 0.440 bits per heavy atom. The normalized spacial score (nSPS) is 14.3. The Labute approximate surface area is 147 Å². The topological polar surface area (TPSA) is 0 Å². The van der Waals surface area contributed by atoms with Crippen molar-refractivity contribution in [3.8, 4) is 0 Å². The second-order valence-corrected chi connectivity index (χ2v) is 6.44. The summed E-state index contributed by atoms with van der Waals surface area (Å²) in [4.78, 5) is 0. The van der Waals surface area contributed by atoms with Crippen LogP contribution in [0.25, 0.3) is 27.1 Å². The maximum Gasteiger partial charge on any atom is 0.0497 e. The monoisotopic (exact) mass is 317 g/mol. The average molecular weight is 317 g/mol. The van der Waals surface area contributed by atoms with Gasteiger partial charge in [-0.25, -0.2) is 0 Å². The summed E-state index contributed by atoms with van der Waals surface area (Å²) >= 11 is 0. The smallest absolute Gasteiger partial charge is 0.0497 e. The highest BCUT2D eigenvalue weighted by molar-refractivity contribution is 5.99. The van der Waals surface area contributed by atoms with Gasteiger partial charge in [-0.15, -0.1) is 0 Å². The molecule has 0 spiro atoms. The van der Waals surface area contributed by atoms with Crippen molar-refractivity contribution in [1.29, 1.82) is 0 Å². The first-order chi connectivity index (χ1) is 12.4. The van der Waals surface area contributed by atoms with Gasteiger partial charge in [0.05, 0.1) is 0 Å². The summed E-state index contributed by atoms with van der Waals surface area (Å²) in [6, 6.07) is 30.2. The lowest BCUT2D eigenvalue weighted by Crippen LogP contribution is -1.92. The van der Waals surface area contributed by atoms with Gasteiger partial charge in [0, 0.05) is 5.92 Å². The standard InChI is InChI=1S/C25H17/c1-3-11-22-18(7-1)9-5-13-24(22)20-15-16-21(17-20)25-14-6-10-19-8-2-4-12-23(19)25/h1-17H. The molecular weight excluding hydrogens is 300 g/mol. The Morgan fingerprint density at radius 2 is 1.00 bits per heavy atom. The van der Waals surface area contributed by atoms with Crippen LogP contribution in [0.3, 0.4) is 0 Å². The van der Waals surface area contributed by atoms with Crippen LogP contribution < -0.4 is 0 Å². The van der Waals surface area contributed by atoms with Crippen LogP contribution in [0.1, 0.15) is 11.1 Å². The Balaban J connectivity index is 1.63. The van der Waals surface area contributed by atoms with Gasteiger partial charge in [-0.3, -0.25) is 0 Å². The zero-order valence-corrected chi connectivity index (χ0v) is 13.8. The number of benzene rings is 4. The quantitative estimate of drug-likeness (QED) is 0.392. The van der Waals surface area contributed by atoms with Crippen LogP contribution in [0, 0.1) is 5.92 Å². The van der Waals surface area contributed by atoms with Gasteiger partial charge in [-0.1, -0.05) is 103 Å². The van der Waals surface area contributed by atoms with E-state index in [1.165, 1.54) is 44.2 Å². The lowest BCUT2D eigenvalue weighted by Gasteiger charge is -2.10. The molecule has 0 bridgehead atoms. The molecule has 0 nitrogen and oxygen atoms in total. The Morgan fingerprint density at radius 3 is 1.72 bits per heavy atom. The summed E-state index contributed by atoms with van der Waals surface area (Å²) in [5.74, 6) is 1.28. The van der Waals surface area contributed by atoms with Crippen LogP contribution in [0.15, 0.2) is 103 Å². The van der Waals surface area contributed by atoms with Crippen LogP contribution >= 0.6 is 0 Å². The van der Waals surface area contributed by atoms with Crippen LogP contribution in [0.5, 0.6) is 0 Å². The van der Waals surface area contributed by atoms with E-state index in [0.717, 1.165) is 0 Å². The molecule has 0 heterocycles. The van der Waals surface area contributed by atoms with Crippen molar-refractivity contribution in [1.82, 2.24) is 0 Å². The predicted octanol–water partition coefficient (Wildman–Crippen LogP) is 6.57. The van der Waals surface area contributed by atoms with Crippen LogP contribution in [-0.4, -0.2) is 0 Å². The molecule has 5 rings (SSSR count). The third-order valence-corrected chi connectivity index (χ3v) is 4.95. The highest BCUT2D eigenvalue weighted by atomic mass is 14.2. The second-order valence-electron chi connectivity index (χ2n) is 6.44. The summed E-state index contributed by atoms with van der Waals surface area (Å²) in [7, 11) is 0. The summed E-state index contributed by atoms with van der Waals surface area (Å²) in [5.41, 5.74) is 3.87. The van der Waals surface area contributed by atoms with Crippen LogP contribution in [0.2, 0.25) is 0 Å². The minimum atomic E-state index is 1.28. The lowest BCUT2D eigenvalue weighted by molar-refractivity contribution is 1.43. The van der Waals surface area contributed by atoms with Gasteiger partial charge in [0.15, 0.2) is 0 Å². The van der Waals surface area contributed by atoms with Crippen molar-refractivity contribution >= 4 is 27.1 Å². The molecule has 0 saturated heterocycles. The molecule has 1 aliphatic rings. The third kappa shape index (κ3) is 2.38. The second kappa shape index (κ2) is 5.75. The highest BCUT2D eigenvalue weighted by Crippen LogP contribution is 2.36. The number of fused-ring (bicyclic) bond motifs is 2. The van der Waals surface area contributed by atoms with E-state index >= 15 is 0 Å². The molecule has 0 N–H and O–H groups in total. The van der Waals surface area contributed by atoms with E-state index in [1.807, 2.05) is 0 Å². The SMILES string of the molecule is C1=CC(c2cccc3ccccc23)=C[C]1c1cccc2ccccc12. The average Bonchev–Trinajstić information content (AvgIpc) is 3.17. The number of hydrogen-bond donors (Lipinski definition) is 0. The largest absolute Gasteiger partial charge is 0.0680 e. The zero-order valence-electron chi connectivity index (χ0n) is 13.8. The van der Waals surface area contributed by atoms with E-state index in [0.29, 0.717) is 0 Å². The van der Waals surface area contributed by atoms with E-state index in [1.54, 1.807) is 0 Å². The fourth-order valence-electron chi connectivity index (χ4n) is 3.73. The van der Waals surface area contributed by atoms with Crippen molar-refractivity contribution in [2.45, 2.75) is 0 Å². The minimum absolute atomic E-state index is 1.28. The fourth-order valence-corrected chi connectivity index (χ4v) is 3.73. The minimum Gasteiger partial charge on any atom is -0.0680 e. The molecule has 1 radical (unpaired) electrons. The zero-order chi connectivity index (χ0) is 16.6. The molecule has 0 aromatic heterocycles. The van der Waals surface area contributed by atoms with Crippen molar-refractivity contribution in [2.75, 3.05) is 0 Å². The van der Waals surface area contributed by atoms with Gasteiger partial charge < -0.3 is 0 Å². The molecule has 25 heavy (non-hydrogen) atoms. The molecule has 117 valence electrons. The molecular formula is C25H17. The summed E-state index contributed by atoms with van der Waals surface area (Å²) < 4.78 is 0. The van der Waals surface area contributed by atoms with Crippen molar-refractivity contribution in [3.63, 3.8) is 0 Å². The first-order valence-corrected chi connectivity index (χ1v) is 8.63. The van der Waals surface area contributed by atoms with Crippen LogP contribution in [0.4, 0.5) is 0 Å². The summed E-state index contributed by atoms with van der Waals surface area (Å²) in [5, 5.41) is 5.18. The van der Waals surface area contributed by atoms with Gasteiger partial charge in [0.1, 0.15) is 0 Å². The van der Waals surface area contributed by atoms with Gasteiger partial charge in [0.25, 0.3) is 0 Å². The van der Waals surface area contributed by atoms with E-state index < -0.39 is 0 Å². The number of allylic oxidation sites excluding steroid dienone is 4. The van der Waals surface area contributed by atoms with Gasteiger partial charge >= 0.3 is 0 Å². The van der Waals surface area contributed by atoms with Gasteiger partial charge in [-0.05, 0) is 38.2 Å². The van der Waals surface area contributed by atoms with Crippen molar-refractivity contribution in [3.05, 3.63) is 120 Å². The van der Waals surface area contributed by atoms with E-state index in [9.17, 15) is 0 Å². The first-order valence-electron chi connectivity index (χ1n) is 8.63. The molecule has 0 heteroatoms. The Hall–Kier alpha value is -3.12. The number of rotatable bonds is 2. The molecule has 0 saturated carbocycles. The summed E-state index contributed by atoms with van der Waals surface area (Å²) in [6.45, 7) is 0. The first kappa shape index (κ1) is 14.2.